The van der Waals surface area contributed by atoms with Crippen molar-refractivity contribution in [2.75, 3.05) is 0 Å². The van der Waals surface area contributed by atoms with Gasteiger partial charge in [0.1, 0.15) is 0 Å². The van der Waals surface area contributed by atoms with Crippen molar-refractivity contribution in [2.24, 2.45) is 11.5 Å². The molecule has 110 valence electrons. The van der Waals surface area contributed by atoms with Crippen molar-refractivity contribution in [3.05, 3.63) is 30.3 Å². The average molecular weight is 321 g/mol. The SMILES string of the molecule is N=C(N)N.O=C(O)C(=S(=O)=O)S(=O)(=O)c1ccccc1. The first-order valence-electron chi connectivity index (χ1n) is 4.69. The van der Waals surface area contributed by atoms with Crippen LogP contribution in [0.2, 0.25) is 0 Å². The largest absolute Gasteiger partial charge is 0.476 e. The number of sulfone groups is 1. The molecule has 0 heterocycles. The first kappa shape index (κ1) is 17.6. The predicted octanol–water partition coefficient (Wildman–Crippen LogP) is -1.61. The fraction of sp³-hybridized carbons (Fsp3) is 0. The van der Waals surface area contributed by atoms with Crippen molar-refractivity contribution in [1.29, 1.82) is 5.41 Å². The van der Waals surface area contributed by atoms with E-state index in [9.17, 15) is 21.6 Å². The Kier molecular flexibility index (Phi) is 6.38. The maximum Gasteiger partial charge on any atom is 0.363 e. The lowest BCUT2D eigenvalue weighted by Crippen LogP contribution is -2.25. The summed E-state index contributed by atoms with van der Waals surface area (Å²) in [6, 6.07) is 6.48. The van der Waals surface area contributed by atoms with Crippen molar-refractivity contribution < 1.29 is 26.7 Å². The van der Waals surface area contributed by atoms with Crippen molar-refractivity contribution in [3.8, 4) is 0 Å². The molecule has 0 bridgehead atoms. The number of guanidine groups is 1. The molecule has 9 nitrogen and oxygen atoms in total. The number of hydrogen-bond acceptors (Lipinski definition) is 6. The second-order valence-corrected chi connectivity index (χ2v) is 6.12. The summed E-state index contributed by atoms with van der Waals surface area (Å²) in [4.78, 5) is 10.2. The minimum absolute atomic E-state index is 0.333. The monoisotopic (exact) mass is 321 g/mol. The summed E-state index contributed by atoms with van der Waals surface area (Å²) in [5.41, 5.74) is 8.94. The Morgan fingerprint density at radius 3 is 1.85 bits per heavy atom. The van der Waals surface area contributed by atoms with Gasteiger partial charge in [0, 0.05) is 0 Å². The third-order valence-corrected chi connectivity index (χ3v) is 4.72. The van der Waals surface area contributed by atoms with Gasteiger partial charge < -0.3 is 16.6 Å². The summed E-state index contributed by atoms with van der Waals surface area (Å²) in [5.74, 6) is -2.34. The first-order valence-corrected chi connectivity index (χ1v) is 7.25. The molecule has 1 aromatic carbocycles. The highest BCUT2D eigenvalue weighted by Gasteiger charge is 2.30. The predicted molar refractivity (Wildman–Crippen MR) is 71.3 cm³/mol. The molecule has 0 aliphatic carbocycles. The molecule has 1 rings (SSSR count). The van der Waals surface area contributed by atoms with E-state index < -0.39 is 30.3 Å². The molecule has 6 N–H and O–H groups in total. The van der Waals surface area contributed by atoms with E-state index in [1.165, 1.54) is 18.2 Å². The molecule has 0 saturated heterocycles. The van der Waals surface area contributed by atoms with Gasteiger partial charge in [0.2, 0.25) is 20.1 Å². The van der Waals surface area contributed by atoms with Gasteiger partial charge in [-0.3, -0.25) is 5.41 Å². The quantitative estimate of drug-likeness (QED) is 0.270. The third kappa shape index (κ3) is 5.07. The fourth-order valence-electron chi connectivity index (χ4n) is 0.982. The van der Waals surface area contributed by atoms with E-state index in [1.54, 1.807) is 0 Å². The topological polar surface area (TPSA) is 181 Å². The standard InChI is InChI=1S/C8H6O6S2.CH5N3/c9-7(10)8(15(11)12)16(13,14)6-4-2-1-3-5-6;2-1(3)4/h1-5H,(H,9,10);(H5,2,3,4). The molecule has 0 fully saturated rings. The van der Waals surface area contributed by atoms with Crippen molar-refractivity contribution in [3.63, 3.8) is 0 Å². The molecular weight excluding hydrogens is 310 g/mol. The Labute approximate surface area is 115 Å². The van der Waals surface area contributed by atoms with E-state index in [-0.39, 0.29) is 10.9 Å². The smallest absolute Gasteiger partial charge is 0.363 e. The Bertz CT molecular complexity index is 725. The maximum atomic E-state index is 11.6. The van der Waals surface area contributed by atoms with Crippen LogP contribution in [0.5, 0.6) is 0 Å². The van der Waals surface area contributed by atoms with Gasteiger partial charge >= 0.3 is 5.97 Å². The van der Waals surface area contributed by atoms with Gasteiger partial charge in [-0.25, -0.2) is 13.2 Å². The van der Waals surface area contributed by atoms with Gasteiger partial charge in [-0.1, -0.05) is 18.2 Å². The summed E-state index contributed by atoms with van der Waals surface area (Å²) in [6.07, 6.45) is 0. The zero-order chi connectivity index (χ0) is 15.9. The Morgan fingerprint density at radius 1 is 1.15 bits per heavy atom. The average Bonchev–Trinajstić information content (AvgIpc) is 2.27. The van der Waals surface area contributed by atoms with Crippen LogP contribution >= 0.6 is 0 Å². The number of hydrogen-bond donors (Lipinski definition) is 4. The molecule has 0 aliphatic rings. The molecule has 0 radical (unpaired) electrons. The van der Waals surface area contributed by atoms with Crippen molar-refractivity contribution in [1.82, 2.24) is 0 Å². The summed E-state index contributed by atoms with van der Waals surface area (Å²) in [7, 11) is -7.82. The summed E-state index contributed by atoms with van der Waals surface area (Å²) < 4.78 is 42.8. The number of benzene rings is 1. The Hall–Kier alpha value is -2.40. The van der Waals surface area contributed by atoms with Crippen LogP contribution in [-0.4, -0.2) is 38.1 Å². The van der Waals surface area contributed by atoms with E-state index in [2.05, 4.69) is 11.5 Å². The van der Waals surface area contributed by atoms with Crippen LogP contribution < -0.4 is 11.5 Å². The lowest BCUT2D eigenvalue weighted by atomic mass is 10.4. The lowest BCUT2D eigenvalue weighted by Gasteiger charge is -2.00. The minimum Gasteiger partial charge on any atom is -0.476 e. The van der Waals surface area contributed by atoms with Crippen LogP contribution in [0.15, 0.2) is 35.2 Å². The van der Waals surface area contributed by atoms with Gasteiger partial charge in [0.25, 0.3) is 4.20 Å². The molecule has 0 unspecified atom stereocenters. The van der Waals surface area contributed by atoms with E-state index in [0.29, 0.717) is 0 Å². The van der Waals surface area contributed by atoms with Gasteiger partial charge in [-0.2, -0.15) is 8.42 Å². The number of rotatable bonds is 1. The highest BCUT2D eigenvalue weighted by atomic mass is 32.2. The summed E-state index contributed by atoms with van der Waals surface area (Å²) in [5, 5.41) is 14.6. The zero-order valence-corrected chi connectivity index (χ0v) is 11.5. The molecule has 0 atom stereocenters. The second-order valence-electron chi connectivity index (χ2n) is 3.10. The molecule has 11 heteroatoms. The van der Waals surface area contributed by atoms with Crippen molar-refractivity contribution in [2.45, 2.75) is 4.90 Å². The van der Waals surface area contributed by atoms with Gasteiger partial charge in [-0.15, -0.1) is 0 Å². The molecule has 1 aromatic rings. The molecule has 20 heavy (non-hydrogen) atoms. The van der Waals surface area contributed by atoms with Crippen LogP contribution in [0.1, 0.15) is 0 Å². The van der Waals surface area contributed by atoms with E-state index >= 15 is 0 Å². The van der Waals surface area contributed by atoms with Crippen LogP contribution in [0, 0.1) is 5.41 Å². The maximum absolute atomic E-state index is 11.6. The second kappa shape index (κ2) is 7.25. The summed E-state index contributed by atoms with van der Waals surface area (Å²) >= 11 is 0. The van der Waals surface area contributed by atoms with Crippen LogP contribution in [0.3, 0.4) is 0 Å². The highest BCUT2D eigenvalue weighted by molar-refractivity contribution is 8.17. The van der Waals surface area contributed by atoms with E-state index in [0.717, 1.165) is 12.1 Å². The summed E-state index contributed by atoms with van der Waals surface area (Å²) in [6.45, 7) is 0. The van der Waals surface area contributed by atoms with Crippen LogP contribution in [-0.2, 0) is 24.9 Å². The van der Waals surface area contributed by atoms with Gasteiger partial charge in [-0.05, 0) is 12.1 Å². The molecule has 0 amide bonds. The van der Waals surface area contributed by atoms with E-state index in [4.69, 9.17) is 10.5 Å². The molecule has 0 aromatic heterocycles. The number of carboxylic acids is 1. The fourth-order valence-corrected chi connectivity index (χ4v) is 3.09. The first-order chi connectivity index (χ1) is 9.10. The van der Waals surface area contributed by atoms with Crippen LogP contribution in [0.25, 0.3) is 0 Å². The Balaban J connectivity index is 0.000000796. The van der Waals surface area contributed by atoms with Crippen molar-refractivity contribution >= 4 is 36.3 Å². The molecule has 0 saturated carbocycles. The molecule has 0 aliphatic heterocycles. The molecular formula is C9H11N3O6S2. The Morgan fingerprint density at radius 2 is 1.55 bits per heavy atom. The van der Waals surface area contributed by atoms with Crippen LogP contribution in [0.4, 0.5) is 0 Å². The van der Waals surface area contributed by atoms with Gasteiger partial charge in [0.05, 0.1) is 4.90 Å². The third-order valence-electron chi connectivity index (χ3n) is 1.62. The lowest BCUT2D eigenvalue weighted by molar-refractivity contribution is -0.128. The minimum atomic E-state index is -4.50. The normalized spacial score (nSPS) is 9.80. The van der Waals surface area contributed by atoms with E-state index in [1.807, 2.05) is 0 Å². The number of nitrogens with two attached hydrogens (primary N) is 2. The number of carbonyl (C=O) groups is 1. The number of carboxylic acid groups (broad SMARTS) is 1. The number of aliphatic carboxylic acids is 1. The zero-order valence-electron chi connectivity index (χ0n) is 9.85. The number of nitrogens with one attached hydrogen (secondary N) is 1. The molecule has 0 spiro atoms. The highest BCUT2D eigenvalue weighted by Crippen LogP contribution is 2.11. The van der Waals surface area contributed by atoms with Gasteiger partial charge in [0.15, 0.2) is 5.96 Å².